The van der Waals surface area contributed by atoms with E-state index in [2.05, 4.69) is 25.2 Å². The molecule has 0 spiro atoms. The molecule has 0 aliphatic heterocycles. The third-order valence-corrected chi connectivity index (χ3v) is 3.82. The molecule has 0 aromatic heterocycles. The first-order valence-electron chi connectivity index (χ1n) is 8.18. The Morgan fingerprint density at radius 1 is 1.09 bits per heavy atom. The summed E-state index contributed by atoms with van der Waals surface area (Å²) >= 11 is 0. The van der Waals surface area contributed by atoms with Gasteiger partial charge in [0.1, 0.15) is 5.75 Å². The Hall–Kier alpha value is -2.29. The number of benzene rings is 2. The van der Waals surface area contributed by atoms with Crippen LogP contribution in [0.5, 0.6) is 5.75 Å². The van der Waals surface area contributed by atoms with E-state index >= 15 is 0 Å². The normalized spacial score (nSPS) is 12.0. The molecule has 0 bridgehead atoms. The Balaban J connectivity index is 2.20. The summed E-state index contributed by atoms with van der Waals surface area (Å²) in [6.45, 7) is 8.25. The van der Waals surface area contributed by atoms with Crippen molar-refractivity contribution in [1.82, 2.24) is 0 Å². The summed E-state index contributed by atoms with van der Waals surface area (Å²) in [5.41, 5.74) is 2.64. The van der Waals surface area contributed by atoms with Crippen LogP contribution in [0.15, 0.2) is 48.5 Å². The van der Waals surface area contributed by atoms with Crippen molar-refractivity contribution in [3.8, 4) is 5.75 Å². The van der Waals surface area contributed by atoms with Crippen LogP contribution in [0.1, 0.15) is 56.0 Å². The molecule has 0 fully saturated rings. The number of nitrogens with one attached hydrogen (secondary N) is 1. The van der Waals surface area contributed by atoms with E-state index in [1.54, 1.807) is 12.1 Å². The van der Waals surface area contributed by atoms with Crippen LogP contribution in [-0.2, 0) is 0 Å². The zero-order valence-corrected chi connectivity index (χ0v) is 14.3. The fourth-order valence-corrected chi connectivity index (χ4v) is 2.44. The van der Waals surface area contributed by atoms with E-state index in [1.807, 2.05) is 44.2 Å². The molecule has 3 nitrogen and oxygen atoms in total. The van der Waals surface area contributed by atoms with E-state index in [4.69, 9.17) is 4.74 Å². The molecule has 2 aromatic rings. The number of carbonyl (C=O) groups excluding carboxylic acids is 1. The Morgan fingerprint density at radius 3 is 2.52 bits per heavy atom. The van der Waals surface area contributed by atoms with E-state index in [1.165, 1.54) is 0 Å². The lowest BCUT2D eigenvalue weighted by atomic mass is 9.97. The predicted molar refractivity (Wildman–Crippen MR) is 95.3 cm³/mol. The van der Waals surface area contributed by atoms with Gasteiger partial charge in [-0.15, -0.1) is 0 Å². The number of hydrogen-bond donors (Lipinski definition) is 1. The van der Waals surface area contributed by atoms with Gasteiger partial charge in [0.2, 0.25) is 0 Å². The standard InChI is InChI=1S/C20H25NO2/c1-5-15(4)18-11-6-7-12-19(18)21-20(22)16-9-8-10-17(13-16)23-14(2)3/h6-15H,5H2,1-4H3,(H,21,22). The summed E-state index contributed by atoms with van der Waals surface area (Å²) in [5.74, 6) is 1.000. The highest BCUT2D eigenvalue weighted by Gasteiger charge is 2.13. The van der Waals surface area contributed by atoms with Crippen LogP contribution in [0.3, 0.4) is 0 Å². The fourth-order valence-electron chi connectivity index (χ4n) is 2.44. The second-order valence-electron chi connectivity index (χ2n) is 6.05. The Morgan fingerprint density at radius 2 is 1.83 bits per heavy atom. The van der Waals surface area contributed by atoms with E-state index in [0.29, 0.717) is 17.2 Å². The molecular formula is C20H25NO2. The molecule has 2 aromatic carbocycles. The minimum Gasteiger partial charge on any atom is -0.491 e. The molecule has 0 aliphatic carbocycles. The highest BCUT2D eigenvalue weighted by Crippen LogP contribution is 2.27. The first-order chi connectivity index (χ1) is 11.0. The lowest BCUT2D eigenvalue weighted by molar-refractivity contribution is 0.102. The average molecular weight is 311 g/mol. The number of rotatable bonds is 6. The molecule has 0 saturated heterocycles. The van der Waals surface area contributed by atoms with Gasteiger partial charge in [0.25, 0.3) is 5.91 Å². The molecule has 1 unspecified atom stereocenters. The number of carbonyl (C=O) groups is 1. The Kier molecular flexibility index (Phi) is 5.80. The van der Waals surface area contributed by atoms with Gasteiger partial charge in [0, 0.05) is 11.3 Å². The van der Waals surface area contributed by atoms with Gasteiger partial charge in [0.15, 0.2) is 0 Å². The second-order valence-corrected chi connectivity index (χ2v) is 6.05. The Bertz CT molecular complexity index is 664. The van der Waals surface area contributed by atoms with Crippen molar-refractivity contribution in [1.29, 1.82) is 0 Å². The molecule has 1 N–H and O–H groups in total. The van der Waals surface area contributed by atoms with Crippen molar-refractivity contribution in [2.45, 2.75) is 46.1 Å². The highest BCUT2D eigenvalue weighted by atomic mass is 16.5. The van der Waals surface area contributed by atoms with Crippen molar-refractivity contribution >= 4 is 11.6 Å². The first-order valence-corrected chi connectivity index (χ1v) is 8.18. The van der Waals surface area contributed by atoms with Gasteiger partial charge in [0.05, 0.1) is 6.10 Å². The maximum atomic E-state index is 12.5. The molecule has 23 heavy (non-hydrogen) atoms. The van der Waals surface area contributed by atoms with Crippen LogP contribution in [0.2, 0.25) is 0 Å². The zero-order valence-electron chi connectivity index (χ0n) is 14.3. The van der Waals surface area contributed by atoms with Crippen molar-refractivity contribution in [3.05, 3.63) is 59.7 Å². The van der Waals surface area contributed by atoms with Gasteiger partial charge >= 0.3 is 0 Å². The molecular weight excluding hydrogens is 286 g/mol. The highest BCUT2D eigenvalue weighted by molar-refractivity contribution is 6.04. The third-order valence-electron chi connectivity index (χ3n) is 3.82. The summed E-state index contributed by atoms with van der Waals surface area (Å²) in [6.07, 6.45) is 1.12. The number of hydrogen-bond acceptors (Lipinski definition) is 2. The summed E-state index contributed by atoms with van der Waals surface area (Å²) in [5, 5.41) is 3.03. The first kappa shape index (κ1) is 17.1. The molecule has 1 amide bonds. The average Bonchev–Trinajstić information content (AvgIpc) is 2.54. The van der Waals surface area contributed by atoms with Crippen molar-refractivity contribution in [2.75, 3.05) is 5.32 Å². The third kappa shape index (κ3) is 4.59. The SMILES string of the molecule is CCC(C)c1ccccc1NC(=O)c1cccc(OC(C)C)c1. The van der Waals surface area contributed by atoms with Gasteiger partial charge < -0.3 is 10.1 Å². The van der Waals surface area contributed by atoms with Crippen molar-refractivity contribution in [2.24, 2.45) is 0 Å². The lowest BCUT2D eigenvalue weighted by Crippen LogP contribution is -2.14. The van der Waals surface area contributed by atoms with E-state index in [0.717, 1.165) is 17.7 Å². The number of anilines is 1. The van der Waals surface area contributed by atoms with E-state index in [9.17, 15) is 4.79 Å². The molecule has 0 saturated carbocycles. The minimum absolute atomic E-state index is 0.0828. The van der Waals surface area contributed by atoms with E-state index in [-0.39, 0.29) is 12.0 Å². The summed E-state index contributed by atoms with van der Waals surface area (Å²) in [7, 11) is 0. The number of ether oxygens (including phenoxy) is 1. The van der Waals surface area contributed by atoms with Gasteiger partial charge in [-0.3, -0.25) is 4.79 Å². The summed E-state index contributed by atoms with van der Waals surface area (Å²) in [4.78, 5) is 12.5. The second kappa shape index (κ2) is 7.82. The summed E-state index contributed by atoms with van der Waals surface area (Å²) < 4.78 is 5.65. The molecule has 1 atom stereocenters. The quantitative estimate of drug-likeness (QED) is 0.792. The number of para-hydroxylation sites is 1. The van der Waals surface area contributed by atoms with Gasteiger partial charge in [-0.1, -0.05) is 38.1 Å². The molecule has 122 valence electrons. The van der Waals surface area contributed by atoms with Gasteiger partial charge in [-0.2, -0.15) is 0 Å². The van der Waals surface area contributed by atoms with Gasteiger partial charge in [-0.05, 0) is 56.0 Å². The van der Waals surface area contributed by atoms with Crippen molar-refractivity contribution in [3.63, 3.8) is 0 Å². The topological polar surface area (TPSA) is 38.3 Å². The van der Waals surface area contributed by atoms with Crippen LogP contribution in [0.25, 0.3) is 0 Å². The van der Waals surface area contributed by atoms with Crippen LogP contribution in [0, 0.1) is 0 Å². The zero-order chi connectivity index (χ0) is 16.8. The van der Waals surface area contributed by atoms with Crippen molar-refractivity contribution < 1.29 is 9.53 Å². The monoisotopic (exact) mass is 311 g/mol. The van der Waals surface area contributed by atoms with Gasteiger partial charge in [-0.25, -0.2) is 0 Å². The van der Waals surface area contributed by atoms with Crippen LogP contribution < -0.4 is 10.1 Å². The molecule has 0 radical (unpaired) electrons. The Labute approximate surface area is 138 Å². The lowest BCUT2D eigenvalue weighted by Gasteiger charge is -2.16. The van der Waals surface area contributed by atoms with E-state index < -0.39 is 0 Å². The van der Waals surface area contributed by atoms with Crippen LogP contribution >= 0.6 is 0 Å². The molecule has 0 heterocycles. The molecule has 2 rings (SSSR count). The smallest absolute Gasteiger partial charge is 0.255 e. The summed E-state index contributed by atoms with van der Waals surface area (Å²) in [6, 6.07) is 15.3. The minimum atomic E-state index is -0.116. The largest absolute Gasteiger partial charge is 0.491 e. The molecule has 3 heteroatoms. The predicted octanol–water partition coefficient (Wildman–Crippen LogP) is 5.24. The molecule has 0 aliphatic rings. The van der Waals surface area contributed by atoms with Crippen LogP contribution in [0.4, 0.5) is 5.69 Å². The number of amides is 1. The maximum Gasteiger partial charge on any atom is 0.255 e. The fraction of sp³-hybridized carbons (Fsp3) is 0.350. The maximum absolute atomic E-state index is 12.5. The van der Waals surface area contributed by atoms with Crippen LogP contribution in [-0.4, -0.2) is 12.0 Å².